The fourth-order valence-corrected chi connectivity index (χ4v) is 1.38. The molecule has 0 aliphatic heterocycles. The molecule has 0 aromatic heterocycles. The quantitative estimate of drug-likeness (QED) is 0.786. The maximum absolute atomic E-state index is 10.6. The van der Waals surface area contributed by atoms with E-state index in [1.165, 1.54) is 0 Å². The maximum atomic E-state index is 10.6. The van der Waals surface area contributed by atoms with Gasteiger partial charge in [0.1, 0.15) is 0 Å². The Bertz CT molecular complexity index is 446. The van der Waals surface area contributed by atoms with E-state index < -0.39 is 5.97 Å². The summed E-state index contributed by atoms with van der Waals surface area (Å²) in [4.78, 5) is 10.6. The van der Waals surface area contributed by atoms with Gasteiger partial charge in [-0.2, -0.15) is 0 Å². The number of carboxylic acids is 1. The molecule has 84 valence electrons. The summed E-state index contributed by atoms with van der Waals surface area (Å²) in [7, 11) is 0. The largest absolute Gasteiger partial charge is 0.481 e. The Kier molecular flexibility index (Phi) is 4.84. The molecule has 0 saturated carbocycles. The van der Waals surface area contributed by atoms with Crippen molar-refractivity contribution in [3.8, 4) is 11.8 Å². The summed E-state index contributed by atoms with van der Waals surface area (Å²) in [5, 5.41) is 9.28. The minimum absolute atomic E-state index is 0.0518. The van der Waals surface area contributed by atoms with Gasteiger partial charge in [-0.05, 0) is 17.7 Å². The third-order valence-electron chi connectivity index (χ3n) is 1.91. The second-order valence-electron chi connectivity index (χ2n) is 3.21. The van der Waals surface area contributed by atoms with Crippen LogP contribution in [0.5, 0.6) is 0 Å². The first-order valence-electron chi connectivity index (χ1n) is 4.82. The van der Waals surface area contributed by atoms with Crippen molar-refractivity contribution in [3.05, 3.63) is 34.3 Å². The molecule has 16 heavy (non-hydrogen) atoms. The van der Waals surface area contributed by atoms with Crippen molar-refractivity contribution in [1.82, 2.24) is 0 Å². The van der Waals surface area contributed by atoms with Gasteiger partial charge in [-0.3, -0.25) is 4.79 Å². The van der Waals surface area contributed by atoms with Crippen LogP contribution in [0.1, 0.15) is 17.5 Å². The molecule has 0 radical (unpaired) electrons. The van der Waals surface area contributed by atoms with Gasteiger partial charge in [0, 0.05) is 23.6 Å². The highest BCUT2D eigenvalue weighted by Gasteiger charge is 2.05. The molecule has 0 atom stereocenters. The first-order valence-corrected chi connectivity index (χ1v) is 5.20. The van der Waals surface area contributed by atoms with Gasteiger partial charge in [-0.25, -0.2) is 0 Å². The molecule has 0 amide bonds. The van der Waals surface area contributed by atoms with Crippen LogP contribution < -0.4 is 5.73 Å². The van der Waals surface area contributed by atoms with Crippen molar-refractivity contribution in [3.63, 3.8) is 0 Å². The average molecular weight is 238 g/mol. The van der Waals surface area contributed by atoms with Crippen LogP contribution in [0.2, 0.25) is 5.02 Å². The lowest BCUT2D eigenvalue weighted by molar-refractivity contribution is -0.136. The van der Waals surface area contributed by atoms with Gasteiger partial charge in [-0.15, -0.1) is 0 Å². The zero-order valence-corrected chi connectivity index (χ0v) is 9.42. The monoisotopic (exact) mass is 237 g/mol. The van der Waals surface area contributed by atoms with Gasteiger partial charge < -0.3 is 10.8 Å². The number of carboxylic acid groups (broad SMARTS) is 1. The Balaban J connectivity index is 2.99. The van der Waals surface area contributed by atoms with Crippen molar-refractivity contribution in [2.45, 2.75) is 12.8 Å². The lowest BCUT2D eigenvalue weighted by Crippen LogP contribution is -2.02. The van der Waals surface area contributed by atoms with Crippen LogP contribution in [-0.4, -0.2) is 17.6 Å². The molecule has 4 heteroatoms. The molecular formula is C12H12ClNO2. The number of hydrogen-bond acceptors (Lipinski definition) is 2. The molecule has 0 heterocycles. The van der Waals surface area contributed by atoms with Crippen molar-refractivity contribution < 1.29 is 9.90 Å². The summed E-state index contributed by atoms with van der Waals surface area (Å²) >= 11 is 5.83. The highest BCUT2D eigenvalue weighted by Crippen LogP contribution is 2.16. The van der Waals surface area contributed by atoms with Crippen molar-refractivity contribution >= 4 is 17.6 Å². The van der Waals surface area contributed by atoms with Crippen LogP contribution in [0.3, 0.4) is 0 Å². The molecule has 1 aromatic rings. The average Bonchev–Trinajstić information content (AvgIpc) is 2.22. The Morgan fingerprint density at radius 1 is 1.50 bits per heavy atom. The predicted octanol–water partition coefficient (Wildman–Crippen LogP) is 1.67. The van der Waals surface area contributed by atoms with Crippen molar-refractivity contribution in [1.29, 1.82) is 0 Å². The molecule has 0 spiro atoms. The molecule has 3 N–H and O–H groups in total. The highest BCUT2D eigenvalue weighted by molar-refractivity contribution is 6.30. The summed E-state index contributed by atoms with van der Waals surface area (Å²) in [6.45, 7) is 0.488. The number of halogens is 1. The van der Waals surface area contributed by atoms with Crippen molar-refractivity contribution in [2.24, 2.45) is 5.73 Å². The fraction of sp³-hybridized carbons (Fsp3) is 0.250. The normalized spacial score (nSPS) is 9.38. The minimum Gasteiger partial charge on any atom is -0.481 e. The Hall–Kier alpha value is -1.50. The maximum Gasteiger partial charge on any atom is 0.307 e. The lowest BCUT2D eigenvalue weighted by atomic mass is 10.0. The van der Waals surface area contributed by atoms with Gasteiger partial charge in [0.15, 0.2) is 0 Å². The van der Waals surface area contributed by atoms with E-state index >= 15 is 0 Å². The third kappa shape index (κ3) is 3.93. The van der Waals surface area contributed by atoms with Crippen molar-refractivity contribution in [2.75, 3.05) is 6.54 Å². The molecule has 3 nitrogen and oxygen atoms in total. The molecular weight excluding hydrogens is 226 g/mol. The van der Waals surface area contributed by atoms with Crippen LogP contribution in [0.25, 0.3) is 0 Å². The molecule has 1 aromatic carbocycles. The Morgan fingerprint density at radius 3 is 2.88 bits per heavy atom. The predicted molar refractivity (Wildman–Crippen MR) is 63.3 cm³/mol. The van der Waals surface area contributed by atoms with Crippen LogP contribution >= 0.6 is 11.6 Å². The fourth-order valence-electron chi connectivity index (χ4n) is 1.21. The van der Waals surface area contributed by atoms with Crippen LogP contribution in [0.4, 0.5) is 0 Å². The third-order valence-corrected chi connectivity index (χ3v) is 2.14. The first-order chi connectivity index (χ1) is 7.63. The number of rotatable bonds is 3. The second kappa shape index (κ2) is 6.16. The van der Waals surface area contributed by atoms with Crippen LogP contribution in [-0.2, 0) is 11.2 Å². The molecule has 0 unspecified atom stereocenters. The summed E-state index contributed by atoms with van der Waals surface area (Å²) in [6.07, 6.45) is 0.531. The van der Waals surface area contributed by atoms with E-state index in [2.05, 4.69) is 11.8 Å². The molecule has 0 aliphatic carbocycles. The Morgan fingerprint density at radius 2 is 2.25 bits per heavy atom. The summed E-state index contributed by atoms with van der Waals surface area (Å²) in [6, 6.07) is 5.01. The SMILES string of the molecule is NCCC#Cc1cc(Cl)ccc1CC(=O)O. The lowest BCUT2D eigenvalue weighted by Gasteiger charge is -2.01. The summed E-state index contributed by atoms with van der Waals surface area (Å²) in [5.74, 6) is 4.86. The topological polar surface area (TPSA) is 63.3 Å². The van der Waals surface area contributed by atoms with E-state index in [4.69, 9.17) is 22.4 Å². The van der Waals surface area contributed by atoms with Gasteiger partial charge in [-0.1, -0.05) is 29.5 Å². The van der Waals surface area contributed by atoms with Gasteiger partial charge in [0.2, 0.25) is 0 Å². The number of benzene rings is 1. The number of aliphatic carboxylic acids is 1. The zero-order valence-electron chi connectivity index (χ0n) is 8.66. The molecule has 0 fully saturated rings. The molecule has 0 saturated heterocycles. The van der Waals surface area contributed by atoms with E-state index in [-0.39, 0.29) is 6.42 Å². The van der Waals surface area contributed by atoms with E-state index in [1.54, 1.807) is 18.2 Å². The molecule has 0 aliphatic rings. The van der Waals surface area contributed by atoms with Gasteiger partial charge >= 0.3 is 5.97 Å². The summed E-state index contributed by atoms with van der Waals surface area (Å²) in [5.41, 5.74) is 6.64. The Labute approximate surface area is 99.2 Å². The standard InChI is InChI=1S/C12H12ClNO2/c13-11-5-4-10(8-12(15)16)9(7-11)3-1-2-6-14/h4-5,7H,2,6,8,14H2,(H,15,16). The van der Waals surface area contributed by atoms with Gasteiger partial charge in [0.05, 0.1) is 6.42 Å². The van der Waals surface area contributed by atoms with Crippen LogP contribution in [0.15, 0.2) is 18.2 Å². The molecule has 1 rings (SSSR count). The first kappa shape index (κ1) is 12.6. The molecule has 0 bridgehead atoms. The highest BCUT2D eigenvalue weighted by atomic mass is 35.5. The van der Waals surface area contributed by atoms with E-state index in [9.17, 15) is 4.79 Å². The number of carbonyl (C=O) groups is 1. The second-order valence-corrected chi connectivity index (χ2v) is 3.65. The number of nitrogens with two attached hydrogens (primary N) is 1. The zero-order chi connectivity index (χ0) is 12.0. The van der Waals surface area contributed by atoms with Crippen LogP contribution in [0, 0.1) is 11.8 Å². The van der Waals surface area contributed by atoms with Gasteiger partial charge in [0.25, 0.3) is 0 Å². The number of hydrogen-bond donors (Lipinski definition) is 2. The van der Waals surface area contributed by atoms with E-state index in [1.807, 2.05) is 0 Å². The minimum atomic E-state index is -0.885. The van der Waals surface area contributed by atoms with E-state index in [0.29, 0.717) is 29.1 Å². The van der Waals surface area contributed by atoms with E-state index in [0.717, 1.165) is 0 Å². The smallest absolute Gasteiger partial charge is 0.307 e. The summed E-state index contributed by atoms with van der Waals surface area (Å²) < 4.78 is 0.